The minimum Gasteiger partial charge on any atom is -0.494 e. The second-order valence-electron chi connectivity index (χ2n) is 4.93. The predicted molar refractivity (Wildman–Crippen MR) is 74.1 cm³/mol. The fourth-order valence-electron chi connectivity index (χ4n) is 1.85. The van der Waals surface area contributed by atoms with Crippen molar-refractivity contribution in [1.29, 1.82) is 0 Å². The summed E-state index contributed by atoms with van der Waals surface area (Å²) in [7, 11) is 1.22. The zero-order valence-corrected chi connectivity index (χ0v) is 11.9. The molecule has 8 heteroatoms. The van der Waals surface area contributed by atoms with Crippen molar-refractivity contribution < 1.29 is 24.0 Å². The molecule has 0 saturated heterocycles. The molecule has 1 atom stereocenters. The smallest absolute Gasteiger partial charge is 0.326 e. The van der Waals surface area contributed by atoms with Crippen LogP contribution in [0.5, 0.6) is 5.75 Å². The van der Waals surface area contributed by atoms with E-state index in [1.807, 2.05) is 13.8 Å². The number of methoxy groups -OCH3 is 1. The van der Waals surface area contributed by atoms with E-state index in [1.165, 1.54) is 7.11 Å². The van der Waals surface area contributed by atoms with Crippen LogP contribution in [0.25, 0.3) is 0 Å². The molecule has 0 radical (unpaired) electrons. The Morgan fingerprint density at radius 1 is 1.52 bits per heavy atom. The number of carboxylic acids is 1. The van der Waals surface area contributed by atoms with Gasteiger partial charge in [0.1, 0.15) is 11.7 Å². The maximum absolute atomic E-state index is 13.5. The Balaban J connectivity index is 3.20. The molecule has 0 aromatic heterocycles. The monoisotopic (exact) mass is 300 g/mol. The van der Waals surface area contributed by atoms with Crippen molar-refractivity contribution in [2.45, 2.75) is 26.3 Å². The molecule has 1 aromatic rings. The number of rotatable bonds is 7. The summed E-state index contributed by atoms with van der Waals surface area (Å²) in [6.07, 6.45) is 0.270. The SMILES string of the molecule is COc1cc(NC(CC(C)C)C(=O)O)c([N+](=O)[O-])cc1F. The number of nitro benzene ring substituents is 1. The van der Waals surface area contributed by atoms with Gasteiger partial charge in [-0.3, -0.25) is 10.1 Å². The van der Waals surface area contributed by atoms with Gasteiger partial charge in [-0.05, 0) is 12.3 Å². The van der Waals surface area contributed by atoms with Gasteiger partial charge in [0.15, 0.2) is 11.6 Å². The van der Waals surface area contributed by atoms with E-state index in [4.69, 9.17) is 9.84 Å². The lowest BCUT2D eigenvalue weighted by Gasteiger charge is -2.18. The number of nitro groups is 1. The molecule has 1 aromatic carbocycles. The highest BCUT2D eigenvalue weighted by atomic mass is 19.1. The molecular formula is C13H17FN2O5. The maximum Gasteiger partial charge on any atom is 0.326 e. The van der Waals surface area contributed by atoms with Crippen molar-refractivity contribution in [2.24, 2.45) is 5.92 Å². The molecule has 0 saturated carbocycles. The van der Waals surface area contributed by atoms with Crippen LogP contribution >= 0.6 is 0 Å². The first kappa shape index (κ1) is 16.7. The Bertz CT molecular complexity index is 548. The van der Waals surface area contributed by atoms with Crippen LogP contribution in [-0.4, -0.2) is 29.2 Å². The highest BCUT2D eigenvalue weighted by Crippen LogP contribution is 2.32. The lowest BCUT2D eigenvalue weighted by atomic mass is 10.0. The lowest BCUT2D eigenvalue weighted by molar-refractivity contribution is -0.384. The summed E-state index contributed by atoms with van der Waals surface area (Å²) in [6, 6.07) is 0.776. The third-order valence-corrected chi connectivity index (χ3v) is 2.80. The number of hydrogen-bond donors (Lipinski definition) is 2. The number of anilines is 1. The summed E-state index contributed by atoms with van der Waals surface area (Å²) < 4.78 is 18.3. The molecule has 2 N–H and O–H groups in total. The number of aliphatic carboxylic acids is 1. The zero-order valence-electron chi connectivity index (χ0n) is 11.9. The van der Waals surface area contributed by atoms with Crippen LogP contribution in [0.2, 0.25) is 0 Å². The Hall–Kier alpha value is -2.38. The van der Waals surface area contributed by atoms with E-state index >= 15 is 0 Å². The van der Waals surface area contributed by atoms with Crippen molar-refractivity contribution in [3.8, 4) is 5.75 Å². The van der Waals surface area contributed by atoms with E-state index in [0.29, 0.717) is 6.07 Å². The normalized spacial score (nSPS) is 12.0. The highest BCUT2D eigenvalue weighted by Gasteiger charge is 2.25. The topological polar surface area (TPSA) is 102 Å². The van der Waals surface area contributed by atoms with Crippen molar-refractivity contribution in [3.05, 3.63) is 28.1 Å². The molecule has 21 heavy (non-hydrogen) atoms. The van der Waals surface area contributed by atoms with E-state index in [9.17, 15) is 19.3 Å². The molecule has 0 heterocycles. The third-order valence-electron chi connectivity index (χ3n) is 2.80. The van der Waals surface area contributed by atoms with Crippen molar-refractivity contribution >= 4 is 17.3 Å². The summed E-state index contributed by atoms with van der Waals surface area (Å²) >= 11 is 0. The summed E-state index contributed by atoms with van der Waals surface area (Å²) in [5.74, 6) is -2.15. The fraction of sp³-hybridized carbons (Fsp3) is 0.462. The summed E-state index contributed by atoms with van der Waals surface area (Å²) in [5.41, 5.74) is -0.630. The summed E-state index contributed by atoms with van der Waals surface area (Å²) in [4.78, 5) is 21.4. The minimum absolute atomic E-state index is 0.0694. The molecule has 7 nitrogen and oxygen atoms in total. The van der Waals surface area contributed by atoms with Crippen LogP contribution in [0.1, 0.15) is 20.3 Å². The molecular weight excluding hydrogens is 283 g/mol. The van der Waals surface area contributed by atoms with Gasteiger partial charge in [0.05, 0.1) is 18.1 Å². The third kappa shape index (κ3) is 4.30. The van der Waals surface area contributed by atoms with Gasteiger partial charge in [0, 0.05) is 6.07 Å². The Morgan fingerprint density at radius 2 is 2.14 bits per heavy atom. The van der Waals surface area contributed by atoms with Gasteiger partial charge < -0.3 is 15.2 Å². The molecule has 0 bridgehead atoms. The molecule has 116 valence electrons. The first-order chi connectivity index (χ1) is 9.76. The summed E-state index contributed by atoms with van der Waals surface area (Å²) in [5, 5.41) is 22.7. The lowest BCUT2D eigenvalue weighted by Crippen LogP contribution is -2.31. The molecule has 0 amide bonds. The average molecular weight is 300 g/mol. The molecule has 0 aliphatic rings. The number of benzene rings is 1. The van der Waals surface area contributed by atoms with Crippen molar-refractivity contribution in [1.82, 2.24) is 0 Å². The quantitative estimate of drug-likeness (QED) is 0.593. The number of carbonyl (C=O) groups is 1. The van der Waals surface area contributed by atoms with Gasteiger partial charge >= 0.3 is 5.97 Å². The van der Waals surface area contributed by atoms with E-state index in [1.54, 1.807) is 0 Å². The van der Waals surface area contributed by atoms with E-state index in [2.05, 4.69) is 5.32 Å². The largest absolute Gasteiger partial charge is 0.494 e. The Labute approximate surface area is 120 Å². The first-order valence-electron chi connectivity index (χ1n) is 6.27. The first-order valence-corrected chi connectivity index (χ1v) is 6.27. The van der Waals surface area contributed by atoms with E-state index in [-0.39, 0.29) is 23.8 Å². The zero-order chi connectivity index (χ0) is 16.2. The van der Waals surface area contributed by atoms with Crippen LogP contribution in [-0.2, 0) is 4.79 Å². The standard InChI is InChI=1S/C13H17FN2O5/c1-7(2)4-10(13(17)18)15-9-6-12(21-3)8(14)5-11(9)16(19)20/h5-7,10,15H,4H2,1-3H3,(H,17,18). The predicted octanol–water partition coefficient (Wildman–Crippen LogP) is 2.65. The minimum atomic E-state index is -1.14. The second-order valence-corrected chi connectivity index (χ2v) is 4.93. The Morgan fingerprint density at radius 3 is 2.57 bits per heavy atom. The van der Waals surface area contributed by atoms with Crippen LogP contribution in [0.4, 0.5) is 15.8 Å². The van der Waals surface area contributed by atoms with Crippen molar-refractivity contribution in [3.63, 3.8) is 0 Å². The van der Waals surface area contributed by atoms with Gasteiger partial charge in [-0.1, -0.05) is 13.8 Å². The van der Waals surface area contributed by atoms with Gasteiger partial charge in [0.2, 0.25) is 0 Å². The van der Waals surface area contributed by atoms with E-state index in [0.717, 1.165) is 6.07 Å². The molecule has 1 rings (SSSR count). The summed E-state index contributed by atoms with van der Waals surface area (Å²) in [6.45, 7) is 3.66. The van der Waals surface area contributed by atoms with Crippen LogP contribution < -0.4 is 10.1 Å². The van der Waals surface area contributed by atoms with E-state index < -0.39 is 28.4 Å². The number of halogens is 1. The number of hydrogen-bond acceptors (Lipinski definition) is 5. The van der Waals surface area contributed by atoms with Crippen LogP contribution in [0.3, 0.4) is 0 Å². The molecule has 1 unspecified atom stereocenters. The number of ether oxygens (including phenoxy) is 1. The van der Waals surface area contributed by atoms with Gasteiger partial charge in [0.25, 0.3) is 5.69 Å². The fourth-order valence-corrected chi connectivity index (χ4v) is 1.85. The van der Waals surface area contributed by atoms with Gasteiger partial charge in [-0.2, -0.15) is 0 Å². The second kappa shape index (κ2) is 6.87. The average Bonchev–Trinajstić information content (AvgIpc) is 2.38. The van der Waals surface area contributed by atoms with Gasteiger partial charge in [-0.15, -0.1) is 0 Å². The molecule has 0 fully saturated rings. The Kier molecular flexibility index (Phi) is 5.45. The van der Waals surface area contributed by atoms with Crippen LogP contribution in [0.15, 0.2) is 12.1 Å². The molecule has 0 spiro atoms. The molecule has 0 aliphatic heterocycles. The maximum atomic E-state index is 13.5. The molecule has 0 aliphatic carbocycles. The van der Waals surface area contributed by atoms with Gasteiger partial charge in [-0.25, -0.2) is 9.18 Å². The number of carboxylic acid groups (broad SMARTS) is 1. The van der Waals surface area contributed by atoms with Crippen molar-refractivity contribution in [2.75, 3.05) is 12.4 Å². The number of nitrogens with one attached hydrogen (secondary N) is 1. The number of nitrogens with zero attached hydrogens (tertiary/aromatic N) is 1. The highest BCUT2D eigenvalue weighted by molar-refractivity contribution is 5.79. The van der Waals surface area contributed by atoms with Crippen LogP contribution in [0, 0.1) is 21.8 Å².